The summed E-state index contributed by atoms with van der Waals surface area (Å²) in [6.07, 6.45) is 16.9. The Morgan fingerprint density at radius 1 is 0.450 bits per heavy atom. The Morgan fingerprint density at radius 3 is 1.00 bits per heavy atom. The highest BCUT2D eigenvalue weighted by molar-refractivity contribution is 5.77. The molecule has 0 spiro atoms. The molecule has 7 N–H and O–H groups in total. The number of methoxy groups -OCH3 is 6. The van der Waals surface area contributed by atoms with Gasteiger partial charge in [-0.1, -0.05) is 77.7 Å². The van der Waals surface area contributed by atoms with E-state index in [-0.39, 0.29) is 19.3 Å². The summed E-state index contributed by atoms with van der Waals surface area (Å²) in [4.78, 5) is 39.8. The number of ether oxygens (including phenoxy) is 6. The van der Waals surface area contributed by atoms with Crippen LogP contribution in [0, 0.1) is 0 Å². The van der Waals surface area contributed by atoms with Crippen molar-refractivity contribution in [3.63, 3.8) is 0 Å². The van der Waals surface area contributed by atoms with Crippen molar-refractivity contribution in [2.45, 2.75) is 123 Å². The van der Waals surface area contributed by atoms with E-state index >= 15 is 0 Å². The Hall–Kier alpha value is -2.74. The minimum atomic E-state index is -1.10. The molecule has 0 aliphatic carbocycles. The van der Waals surface area contributed by atoms with Gasteiger partial charge < -0.3 is 79.2 Å². The summed E-state index contributed by atoms with van der Waals surface area (Å²) in [5, 5.41) is 44.5. The second-order valence-electron chi connectivity index (χ2n) is 13.3. The number of carboxylic acids is 4. The lowest BCUT2D eigenvalue weighted by atomic mass is 10.1. The van der Waals surface area contributed by atoms with Crippen molar-refractivity contribution in [1.29, 1.82) is 0 Å². The maximum absolute atomic E-state index is 10.0. The summed E-state index contributed by atoms with van der Waals surface area (Å²) in [7, 11) is 10.3. The third-order valence-electron chi connectivity index (χ3n) is 7.64. The van der Waals surface area contributed by atoms with E-state index in [1.807, 2.05) is 0 Å². The lowest BCUT2D eigenvalue weighted by Gasteiger charge is -2.00. The van der Waals surface area contributed by atoms with Gasteiger partial charge in [-0.25, -0.2) is 0 Å². The third kappa shape index (κ3) is 106. The van der Waals surface area contributed by atoms with Gasteiger partial charge in [0.2, 0.25) is 0 Å². The number of nitrogens with two attached hydrogens (primary N) is 3. The number of aliphatic carboxylic acids is 4. The van der Waals surface area contributed by atoms with Crippen LogP contribution in [-0.2, 0) is 47.6 Å². The van der Waals surface area contributed by atoms with Crippen LogP contribution in [0.5, 0.6) is 0 Å². The van der Waals surface area contributed by atoms with E-state index in [0.717, 1.165) is 130 Å². The van der Waals surface area contributed by atoms with Gasteiger partial charge >= 0.3 is 5.97 Å². The Kier molecular flexibility index (Phi) is 81.4. The first-order valence-electron chi connectivity index (χ1n) is 21.8. The SMILES string of the molecule is CCCCCC=CC(=O)[O-].CCCCCCCCC(=O)[O-].COCC[NH2+]CCOC.COCC[NH2+]CCOC.COCC[NH2+]CCOC.O=C([O-])CCCCCCC(=O)O. The summed E-state index contributed by atoms with van der Waals surface area (Å²) >= 11 is 0. The molecule has 0 aliphatic rings. The predicted molar refractivity (Wildman–Crippen MR) is 228 cm³/mol. The quantitative estimate of drug-likeness (QED) is 0.0434. The van der Waals surface area contributed by atoms with Crippen molar-refractivity contribution >= 4 is 23.9 Å². The van der Waals surface area contributed by atoms with Crippen molar-refractivity contribution in [2.24, 2.45) is 0 Å². The number of carbonyl (C=O) groups is 4. The molecule has 17 nitrogen and oxygen atoms in total. The zero-order valence-electron chi connectivity index (χ0n) is 39.1. The first-order valence-corrected chi connectivity index (χ1v) is 21.8. The first-order chi connectivity index (χ1) is 28.9. The number of hydrogen-bond acceptors (Lipinski definition) is 13. The lowest BCUT2D eigenvalue weighted by Crippen LogP contribution is -2.86. The van der Waals surface area contributed by atoms with Crippen LogP contribution < -0.4 is 31.3 Å². The molecule has 0 atom stereocenters. The Balaban J connectivity index is -0.000000146. The molecular weight excluding hydrogens is 782 g/mol. The fourth-order valence-electron chi connectivity index (χ4n) is 4.28. The molecule has 0 bridgehead atoms. The maximum atomic E-state index is 10.0. The van der Waals surface area contributed by atoms with Crippen LogP contribution in [0.2, 0.25) is 0 Å². The number of carboxylic acid groups (broad SMARTS) is 4. The molecule has 0 saturated carbocycles. The molecule has 0 saturated heterocycles. The van der Waals surface area contributed by atoms with Crippen LogP contribution >= 0.6 is 0 Å². The van der Waals surface area contributed by atoms with Crippen LogP contribution in [0.15, 0.2) is 12.2 Å². The lowest BCUT2D eigenvalue weighted by molar-refractivity contribution is -0.657. The highest BCUT2D eigenvalue weighted by Crippen LogP contribution is 2.06. The van der Waals surface area contributed by atoms with Crippen molar-refractivity contribution in [2.75, 3.05) is 122 Å². The number of hydrogen-bond donors (Lipinski definition) is 4. The normalized spacial score (nSPS) is 10.0. The van der Waals surface area contributed by atoms with Gasteiger partial charge in [0, 0.05) is 61.0 Å². The summed E-state index contributed by atoms with van der Waals surface area (Å²) < 4.78 is 29.1. The molecular formula is C43H91N3O14. The molecule has 0 amide bonds. The second kappa shape index (κ2) is 70.8. The molecule has 0 rings (SSSR count). The standard InChI is InChI=1S/C9H18O2.C8H14O4.C8H14O2.3C6H15NO2/c1-2-3-4-5-6-7-8-9(10)11;9-7(10)5-3-1-2-4-6-8(11)12;1-2-3-4-5-6-7-8(9)10;3*1-8-5-3-7-4-6-9-2/h2-8H2,1H3,(H,10,11);1-6H2,(H,9,10)(H,11,12);6-7H,2-5H2,1H3,(H,9,10);3*7H,3-6H2,1-2H3. The largest absolute Gasteiger partial charge is 0.550 e. The average molecular weight is 874 g/mol. The van der Waals surface area contributed by atoms with Crippen LogP contribution in [0.3, 0.4) is 0 Å². The van der Waals surface area contributed by atoms with E-state index < -0.39 is 23.9 Å². The topological polar surface area (TPSA) is 263 Å². The number of rotatable bonds is 37. The molecule has 0 aromatic heterocycles. The van der Waals surface area contributed by atoms with Crippen LogP contribution in [-0.4, -0.2) is 151 Å². The Bertz CT molecular complexity index is 787. The van der Waals surface area contributed by atoms with E-state index in [1.54, 1.807) is 48.7 Å². The Labute approximate surface area is 364 Å². The van der Waals surface area contributed by atoms with E-state index in [4.69, 9.17) is 33.5 Å². The van der Waals surface area contributed by atoms with Crippen LogP contribution in [0.25, 0.3) is 0 Å². The molecule has 0 aromatic carbocycles. The van der Waals surface area contributed by atoms with Gasteiger partial charge in [-0.2, -0.15) is 0 Å². The fraction of sp³-hybridized carbons (Fsp3) is 0.860. The van der Waals surface area contributed by atoms with E-state index in [0.29, 0.717) is 12.8 Å². The van der Waals surface area contributed by atoms with Crippen molar-refractivity contribution < 1.29 is 84.0 Å². The highest BCUT2D eigenvalue weighted by atomic mass is 16.5. The van der Waals surface area contributed by atoms with Gasteiger partial charge in [0.05, 0.1) is 84.9 Å². The van der Waals surface area contributed by atoms with Crippen molar-refractivity contribution in [1.82, 2.24) is 0 Å². The summed E-state index contributed by atoms with van der Waals surface area (Å²) in [5.41, 5.74) is 0. The third-order valence-corrected chi connectivity index (χ3v) is 7.64. The van der Waals surface area contributed by atoms with E-state index in [9.17, 15) is 34.5 Å². The number of allylic oxidation sites excluding steroid dienone is 1. The molecule has 0 unspecified atom stereocenters. The molecule has 0 aromatic rings. The van der Waals surface area contributed by atoms with E-state index in [2.05, 4.69) is 29.8 Å². The van der Waals surface area contributed by atoms with Gasteiger partial charge in [0.25, 0.3) is 0 Å². The summed E-state index contributed by atoms with van der Waals surface area (Å²) in [6.45, 7) is 15.4. The molecule has 0 radical (unpaired) electrons. The minimum absolute atomic E-state index is 0.0765. The van der Waals surface area contributed by atoms with Gasteiger partial charge in [0.1, 0.15) is 0 Å². The monoisotopic (exact) mass is 874 g/mol. The predicted octanol–water partition coefficient (Wildman–Crippen LogP) is -0.951. The van der Waals surface area contributed by atoms with Crippen molar-refractivity contribution in [3.8, 4) is 0 Å². The van der Waals surface area contributed by atoms with Gasteiger partial charge in [-0.05, 0) is 51.0 Å². The molecule has 0 fully saturated rings. The Morgan fingerprint density at radius 2 is 0.733 bits per heavy atom. The number of unbranched alkanes of at least 4 members (excludes halogenated alkanes) is 11. The smallest absolute Gasteiger partial charge is 0.303 e. The average Bonchev–Trinajstić information content (AvgIpc) is 3.21. The summed E-state index contributed by atoms with van der Waals surface area (Å²) in [6, 6.07) is 0. The maximum Gasteiger partial charge on any atom is 0.303 e. The number of quaternary nitrogens is 3. The fourth-order valence-corrected chi connectivity index (χ4v) is 4.28. The molecule has 17 heteroatoms. The molecule has 362 valence electrons. The number of carbonyl (C=O) groups excluding carboxylic acids is 3. The molecule has 0 heterocycles. The molecule has 60 heavy (non-hydrogen) atoms. The second-order valence-corrected chi connectivity index (χ2v) is 13.3. The van der Waals surface area contributed by atoms with Gasteiger partial charge in [-0.15, -0.1) is 0 Å². The minimum Gasteiger partial charge on any atom is -0.550 e. The zero-order valence-corrected chi connectivity index (χ0v) is 39.1. The summed E-state index contributed by atoms with van der Waals surface area (Å²) in [5.74, 6) is -3.85. The molecule has 0 aliphatic heterocycles. The van der Waals surface area contributed by atoms with Crippen LogP contribution in [0.4, 0.5) is 0 Å². The van der Waals surface area contributed by atoms with Gasteiger partial charge in [0.15, 0.2) is 0 Å². The van der Waals surface area contributed by atoms with Gasteiger partial charge in [-0.3, -0.25) is 4.79 Å². The zero-order chi connectivity index (χ0) is 46.6. The van der Waals surface area contributed by atoms with E-state index in [1.165, 1.54) is 32.1 Å². The van der Waals surface area contributed by atoms with Crippen LogP contribution in [0.1, 0.15) is 123 Å². The van der Waals surface area contributed by atoms with Crippen molar-refractivity contribution in [3.05, 3.63) is 12.2 Å². The highest BCUT2D eigenvalue weighted by Gasteiger charge is 1.96. The first kappa shape index (κ1) is 69.0.